The average molecular weight is 213 g/mol. The van der Waals surface area contributed by atoms with E-state index in [4.69, 9.17) is 4.74 Å². The quantitative estimate of drug-likeness (QED) is 0.828. The molecule has 2 unspecified atom stereocenters. The van der Waals surface area contributed by atoms with Gasteiger partial charge in [-0.05, 0) is 19.8 Å². The fourth-order valence-electron chi connectivity index (χ4n) is 1.75. The molecule has 14 heavy (non-hydrogen) atoms. The van der Waals surface area contributed by atoms with E-state index >= 15 is 0 Å². The molecule has 1 aliphatic rings. The zero-order valence-corrected chi connectivity index (χ0v) is 9.09. The highest BCUT2D eigenvalue weighted by Gasteiger charge is 2.24. The number of ether oxygens (including phenoxy) is 1. The highest BCUT2D eigenvalue weighted by molar-refractivity contribution is 7.09. The Morgan fingerprint density at radius 2 is 2.64 bits per heavy atom. The Hall–Kier alpha value is -0.450. The lowest BCUT2D eigenvalue weighted by Crippen LogP contribution is -2.27. The van der Waals surface area contributed by atoms with Crippen LogP contribution in [0.25, 0.3) is 0 Å². The second-order valence-electron chi connectivity index (χ2n) is 3.68. The van der Waals surface area contributed by atoms with Crippen molar-refractivity contribution in [2.75, 3.05) is 6.61 Å². The molecule has 0 saturated carbocycles. The minimum absolute atomic E-state index is 0.0250. The minimum Gasteiger partial charge on any atom is -0.390 e. The molecule has 1 saturated heterocycles. The molecule has 78 valence electrons. The monoisotopic (exact) mass is 213 g/mol. The number of aromatic nitrogens is 1. The lowest BCUT2D eigenvalue weighted by molar-refractivity contribution is -0.00116. The Morgan fingerprint density at radius 1 is 1.79 bits per heavy atom. The number of nitrogens with zero attached hydrogens (tertiary/aromatic N) is 1. The summed E-state index contributed by atoms with van der Waals surface area (Å²) >= 11 is 1.63. The van der Waals surface area contributed by atoms with Gasteiger partial charge in [0.2, 0.25) is 0 Å². The van der Waals surface area contributed by atoms with E-state index in [-0.39, 0.29) is 12.2 Å². The summed E-state index contributed by atoms with van der Waals surface area (Å²) in [5.74, 6) is 0. The molecule has 0 spiro atoms. The van der Waals surface area contributed by atoms with E-state index in [0.717, 1.165) is 30.2 Å². The van der Waals surface area contributed by atoms with Gasteiger partial charge in [0.25, 0.3) is 0 Å². The maximum Gasteiger partial charge on any atom is 0.0897 e. The second-order valence-corrected chi connectivity index (χ2v) is 4.74. The van der Waals surface area contributed by atoms with Crippen molar-refractivity contribution in [2.45, 2.75) is 38.4 Å². The van der Waals surface area contributed by atoms with Crippen LogP contribution in [0.1, 0.15) is 23.5 Å². The molecule has 1 aromatic rings. The third-order valence-corrected chi connectivity index (χ3v) is 3.30. The van der Waals surface area contributed by atoms with Crippen LogP contribution >= 0.6 is 11.3 Å². The Balaban J connectivity index is 1.90. The van der Waals surface area contributed by atoms with Gasteiger partial charge in [-0.2, -0.15) is 0 Å². The minimum atomic E-state index is -0.390. The lowest BCUT2D eigenvalue weighted by Gasteiger charge is -2.15. The van der Waals surface area contributed by atoms with Gasteiger partial charge in [-0.25, -0.2) is 4.98 Å². The fraction of sp³-hybridized carbons (Fsp3) is 0.700. The predicted octanol–water partition coefficient (Wildman–Crippen LogP) is 1.53. The lowest BCUT2D eigenvalue weighted by atomic mass is 10.1. The van der Waals surface area contributed by atoms with Crippen molar-refractivity contribution in [3.63, 3.8) is 0 Å². The van der Waals surface area contributed by atoms with Gasteiger partial charge in [0.05, 0.1) is 22.9 Å². The summed E-state index contributed by atoms with van der Waals surface area (Å²) in [6.07, 6.45) is 2.30. The highest BCUT2D eigenvalue weighted by Crippen LogP contribution is 2.19. The molecular formula is C10H15NO2S. The molecule has 1 N–H and O–H groups in total. The van der Waals surface area contributed by atoms with Crippen LogP contribution in [-0.2, 0) is 11.2 Å². The van der Waals surface area contributed by atoms with Crippen molar-refractivity contribution in [3.05, 3.63) is 16.1 Å². The first-order chi connectivity index (χ1) is 6.75. The number of rotatable bonds is 3. The molecule has 0 amide bonds. The first-order valence-corrected chi connectivity index (χ1v) is 5.84. The van der Waals surface area contributed by atoms with Crippen molar-refractivity contribution >= 4 is 11.3 Å². The van der Waals surface area contributed by atoms with Crippen molar-refractivity contribution in [3.8, 4) is 0 Å². The van der Waals surface area contributed by atoms with Crippen molar-refractivity contribution in [1.82, 2.24) is 4.98 Å². The predicted molar refractivity (Wildman–Crippen MR) is 55.5 cm³/mol. The molecule has 0 radical (unpaired) electrons. The molecule has 1 fully saturated rings. The summed E-state index contributed by atoms with van der Waals surface area (Å²) < 4.78 is 5.42. The maximum absolute atomic E-state index is 9.85. The first-order valence-electron chi connectivity index (χ1n) is 4.96. The molecule has 1 aliphatic heterocycles. The van der Waals surface area contributed by atoms with Crippen molar-refractivity contribution in [2.24, 2.45) is 0 Å². The number of aryl methyl sites for hydroxylation is 1. The zero-order chi connectivity index (χ0) is 9.97. The SMILES string of the molecule is Cc1nc(CC(O)C2CCCO2)cs1. The number of aliphatic hydroxyl groups excluding tert-OH is 1. The first kappa shape index (κ1) is 10.1. The molecule has 2 rings (SSSR count). The summed E-state index contributed by atoms with van der Waals surface area (Å²) in [6, 6.07) is 0. The van der Waals surface area contributed by atoms with Crippen LogP contribution in [0.15, 0.2) is 5.38 Å². The Kier molecular flexibility index (Phi) is 3.15. The number of hydrogen-bond donors (Lipinski definition) is 1. The topological polar surface area (TPSA) is 42.4 Å². The third kappa shape index (κ3) is 2.32. The van der Waals surface area contributed by atoms with Gasteiger partial charge in [0, 0.05) is 18.4 Å². The molecule has 0 aliphatic carbocycles. The zero-order valence-electron chi connectivity index (χ0n) is 8.27. The van der Waals surface area contributed by atoms with Gasteiger partial charge >= 0.3 is 0 Å². The normalized spacial score (nSPS) is 24.0. The number of hydrogen-bond acceptors (Lipinski definition) is 4. The van der Waals surface area contributed by atoms with E-state index in [9.17, 15) is 5.11 Å². The second kappa shape index (κ2) is 4.38. The highest BCUT2D eigenvalue weighted by atomic mass is 32.1. The van der Waals surface area contributed by atoms with Crippen LogP contribution in [0.2, 0.25) is 0 Å². The number of aliphatic hydroxyl groups is 1. The molecule has 3 nitrogen and oxygen atoms in total. The summed E-state index contributed by atoms with van der Waals surface area (Å²) in [5, 5.41) is 12.9. The van der Waals surface area contributed by atoms with Crippen LogP contribution in [0.5, 0.6) is 0 Å². The largest absolute Gasteiger partial charge is 0.390 e. The van der Waals surface area contributed by atoms with Crippen LogP contribution in [0.4, 0.5) is 0 Å². The fourth-order valence-corrected chi connectivity index (χ4v) is 2.38. The Labute approximate surface area is 87.7 Å². The third-order valence-electron chi connectivity index (χ3n) is 2.48. The summed E-state index contributed by atoms with van der Waals surface area (Å²) in [7, 11) is 0. The van der Waals surface area contributed by atoms with Crippen molar-refractivity contribution < 1.29 is 9.84 Å². The van der Waals surface area contributed by atoms with E-state index in [1.165, 1.54) is 0 Å². The van der Waals surface area contributed by atoms with Crippen LogP contribution < -0.4 is 0 Å². The Bertz CT molecular complexity index is 294. The van der Waals surface area contributed by atoms with Crippen LogP contribution in [0.3, 0.4) is 0 Å². The molecule has 0 aromatic carbocycles. The standard InChI is InChI=1S/C10H15NO2S/c1-7-11-8(6-14-7)5-9(12)10-3-2-4-13-10/h6,9-10,12H,2-5H2,1H3. The van der Waals surface area contributed by atoms with E-state index < -0.39 is 0 Å². The van der Waals surface area contributed by atoms with E-state index in [1.807, 2.05) is 12.3 Å². The molecule has 4 heteroatoms. The summed E-state index contributed by atoms with van der Waals surface area (Å²) in [4.78, 5) is 4.33. The van der Waals surface area contributed by atoms with Crippen LogP contribution in [0, 0.1) is 6.92 Å². The molecule has 0 bridgehead atoms. The van der Waals surface area contributed by atoms with Gasteiger partial charge in [0.15, 0.2) is 0 Å². The smallest absolute Gasteiger partial charge is 0.0897 e. The van der Waals surface area contributed by atoms with E-state index in [1.54, 1.807) is 11.3 Å². The van der Waals surface area contributed by atoms with Gasteiger partial charge in [-0.1, -0.05) is 0 Å². The van der Waals surface area contributed by atoms with E-state index in [0.29, 0.717) is 6.42 Å². The van der Waals surface area contributed by atoms with E-state index in [2.05, 4.69) is 4.98 Å². The average Bonchev–Trinajstić information content (AvgIpc) is 2.75. The number of thiazole rings is 1. The molecule has 1 aromatic heterocycles. The van der Waals surface area contributed by atoms with Crippen LogP contribution in [-0.4, -0.2) is 28.9 Å². The summed E-state index contributed by atoms with van der Waals surface area (Å²) in [5.41, 5.74) is 0.982. The van der Waals surface area contributed by atoms with Gasteiger partial charge in [-0.15, -0.1) is 11.3 Å². The van der Waals surface area contributed by atoms with Gasteiger partial charge in [-0.3, -0.25) is 0 Å². The molecule has 2 atom stereocenters. The van der Waals surface area contributed by atoms with Crippen molar-refractivity contribution in [1.29, 1.82) is 0 Å². The summed E-state index contributed by atoms with van der Waals surface area (Å²) in [6.45, 7) is 2.77. The molecule has 2 heterocycles. The Morgan fingerprint density at radius 3 is 3.21 bits per heavy atom. The maximum atomic E-state index is 9.85. The van der Waals surface area contributed by atoms with Gasteiger partial charge < -0.3 is 9.84 Å². The molecular weight excluding hydrogens is 198 g/mol. The van der Waals surface area contributed by atoms with Gasteiger partial charge in [0.1, 0.15) is 0 Å².